The summed E-state index contributed by atoms with van der Waals surface area (Å²) in [6, 6.07) is 2.88. The van der Waals surface area contributed by atoms with E-state index in [1.807, 2.05) is 6.92 Å². The van der Waals surface area contributed by atoms with Gasteiger partial charge in [-0.05, 0) is 13.0 Å². The average molecular weight is 318 g/mol. The van der Waals surface area contributed by atoms with Gasteiger partial charge in [-0.1, -0.05) is 11.2 Å². The fourth-order valence-corrected chi connectivity index (χ4v) is 2.73. The molecule has 0 aliphatic carbocycles. The number of hydrogen-bond acceptors (Lipinski definition) is 5. The molecule has 2 aliphatic heterocycles. The highest BCUT2D eigenvalue weighted by Gasteiger charge is 2.34. The number of carbonyl (C=O) groups excluding carboxylic acids is 2. The molecule has 1 unspecified atom stereocenters. The number of rotatable bonds is 4. The zero-order chi connectivity index (χ0) is 16.4. The van der Waals surface area contributed by atoms with Crippen LogP contribution in [-0.2, 0) is 16.2 Å². The summed E-state index contributed by atoms with van der Waals surface area (Å²) >= 11 is 0. The van der Waals surface area contributed by atoms with E-state index in [4.69, 9.17) is 4.84 Å². The lowest BCUT2D eigenvalue weighted by Crippen LogP contribution is -2.53. The summed E-state index contributed by atoms with van der Waals surface area (Å²) in [6.45, 7) is 2.59. The van der Waals surface area contributed by atoms with Gasteiger partial charge in [-0.25, -0.2) is 4.79 Å². The average Bonchev–Trinajstić information content (AvgIpc) is 2.93. The van der Waals surface area contributed by atoms with Crippen LogP contribution in [0.1, 0.15) is 25.3 Å². The number of nitrogens with zero attached hydrogens (tertiary/aromatic N) is 3. The predicted octanol–water partition coefficient (Wildman–Crippen LogP) is 0.694. The first kappa shape index (κ1) is 15.3. The summed E-state index contributed by atoms with van der Waals surface area (Å²) in [6.07, 6.45) is 2.26. The van der Waals surface area contributed by atoms with Gasteiger partial charge in [0.15, 0.2) is 0 Å². The third-order valence-corrected chi connectivity index (χ3v) is 3.93. The minimum Gasteiger partial charge on any atom is -0.390 e. The molecule has 1 aromatic heterocycles. The topological polar surface area (TPSA) is 95.1 Å². The molecule has 3 heterocycles. The van der Waals surface area contributed by atoms with Gasteiger partial charge in [-0.2, -0.15) is 0 Å². The monoisotopic (exact) mass is 318 g/mol. The molecule has 1 aromatic rings. The first-order valence-corrected chi connectivity index (χ1v) is 7.49. The lowest BCUT2D eigenvalue weighted by molar-refractivity contribution is -0.131. The number of amides is 3. The summed E-state index contributed by atoms with van der Waals surface area (Å²) in [4.78, 5) is 46.9. The van der Waals surface area contributed by atoms with Gasteiger partial charge in [0.25, 0.3) is 5.56 Å². The molecule has 8 nitrogen and oxygen atoms in total. The molecular weight excluding hydrogens is 300 g/mol. The standard InChI is InChI=1S/C15H18N4O4/c1-10-7-12(23-17-10)9-18-6-4-13(20)19(15(18)22)8-11-3-2-5-16-14(11)21/h2-3,5,12H,4,6-9H2,1H3,(H,16,21). The number of pyridine rings is 1. The van der Waals surface area contributed by atoms with Crippen LogP contribution in [0.25, 0.3) is 0 Å². The second-order valence-electron chi connectivity index (χ2n) is 5.74. The van der Waals surface area contributed by atoms with Crippen LogP contribution in [-0.4, -0.2) is 51.6 Å². The molecule has 0 spiro atoms. The van der Waals surface area contributed by atoms with Crippen LogP contribution in [0, 0.1) is 0 Å². The second-order valence-corrected chi connectivity index (χ2v) is 5.74. The van der Waals surface area contributed by atoms with Crippen molar-refractivity contribution >= 4 is 17.6 Å². The summed E-state index contributed by atoms with van der Waals surface area (Å²) < 4.78 is 0. The number of H-pyrrole nitrogens is 1. The molecule has 1 atom stereocenters. The zero-order valence-corrected chi connectivity index (χ0v) is 12.8. The SMILES string of the molecule is CC1=NOC(CN2CCC(=O)N(Cc3ccc[nH]c3=O)C2=O)C1. The molecule has 0 saturated carbocycles. The molecule has 1 saturated heterocycles. The van der Waals surface area contributed by atoms with Crippen molar-refractivity contribution in [2.45, 2.75) is 32.4 Å². The van der Waals surface area contributed by atoms with Gasteiger partial charge >= 0.3 is 6.03 Å². The largest absolute Gasteiger partial charge is 0.390 e. The lowest BCUT2D eigenvalue weighted by Gasteiger charge is -2.34. The molecule has 0 aromatic carbocycles. The van der Waals surface area contributed by atoms with E-state index in [0.717, 1.165) is 10.6 Å². The van der Waals surface area contributed by atoms with Crippen molar-refractivity contribution in [2.24, 2.45) is 5.16 Å². The maximum Gasteiger partial charge on any atom is 0.327 e. The van der Waals surface area contributed by atoms with Crippen molar-refractivity contribution in [1.82, 2.24) is 14.8 Å². The highest BCUT2D eigenvalue weighted by atomic mass is 16.6. The van der Waals surface area contributed by atoms with Crippen molar-refractivity contribution in [3.63, 3.8) is 0 Å². The van der Waals surface area contributed by atoms with Gasteiger partial charge in [0, 0.05) is 31.1 Å². The number of carbonyl (C=O) groups is 2. The molecular formula is C15H18N4O4. The fourth-order valence-electron chi connectivity index (χ4n) is 2.73. The summed E-state index contributed by atoms with van der Waals surface area (Å²) in [5.41, 5.74) is 0.976. The number of hydrogen-bond donors (Lipinski definition) is 1. The fraction of sp³-hybridized carbons (Fsp3) is 0.467. The number of aromatic nitrogens is 1. The van der Waals surface area contributed by atoms with Crippen LogP contribution in [0.2, 0.25) is 0 Å². The number of aromatic amines is 1. The van der Waals surface area contributed by atoms with Crippen LogP contribution in [0.5, 0.6) is 0 Å². The van der Waals surface area contributed by atoms with Crippen molar-refractivity contribution < 1.29 is 14.4 Å². The van der Waals surface area contributed by atoms with Crippen molar-refractivity contribution in [3.05, 3.63) is 34.2 Å². The van der Waals surface area contributed by atoms with Crippen LogP contribution in [0.4, 0.5) is 4.79 Å². The Morgan fingerprint density at radius 3 is 2.91 bits per heavy atom. The number of urea groups is 1. The molecule has 122 valence electrons. The molecule has 2 aliphatic rings. The van der Waals surface area contributed by atoms with Crippen molar-refractivity contribution in [1.29, 1.82) is 0 Å². The molecule has 1 N–H and O–H groups in total. The minimum absolute atomic E-state index is 0.0224. The Labute approximate surface area is 132 Å². The maximum absolute atomic E-state index is 12.5. The first-order chi connectivity index (χ1) is 11.0. The maximum atomic E-state index is 12.5. The van der Waals surface area contributed by atoms with Crippen molar-refractivity contribution in [2.75, 3.05) is 13.1 Å². The highest BCUT2D eigenvalue weighted by molar-refractivity contribution is 5.96. The summed E-state index contributed by atoms with van der Waals surface area (Å²) in [5, 5.41) is 3.87. The Hall–Kier alpha value is -2.64. The van der Waals surface area contributed by atoms with Gasteiger partial charge in [-0.15, -0.1) is 0 Å². The van der Waals surface area contributed by atoms with Gasteiger partial charge in [0.05, 0.1) is 18.8 Å². The molecule has 23 heavy (non-hydrogen) atoms. The zero-order valence-electron chi connectivity index (χ0n) is 12.8. The minimum atomic E-state index is -0.391. The lowest BCUT2D eigenvalue weighted by atomic mass is 10.1. The normalized spacial score (nSPS) is 21.4. The van der Waals surface area contributed by atoms with Gasteiger partial charge < -0.3 is 14.7 Å². The molecule has 0 radical (unpaired) electrons. The third-order valence-electron chi connectivity index (χ3n) is 3.93. The molecule has 3 rings (SSSR count). The second kappa shape index (κ2) is 6.23. The Balaban J connectivity index is 1.69. The van der Waals surface area contributed by atoms with E-state index in [1.54, 1.807) is 17.0 Å². The van der Waals surface area contributed by atoms with Crippen LogP contribution in [0.15, 0.2) is 28.3 Å². The molecule has 0 bridgehead atoms. The van der Waals surface area contributed by atoms with Gasteiger partial charge in [0.2, 0.25) is 5.91 Å². The van der Waals surface area contributed by atoms with Crippen LogP contribution >= 0.6 is 0 Å². The quantitative estimate of drug-likeness (QED) is 0.883. The molecule has 8 heteroatoms. The van der Waals surface area contributed by atoms with Crippen LogP contribution < -0.4 is 5.56 Å². The first-order valence-electron chi connectivity index (χ1n) is 7.49. The number of nitrogens with one attached hydrogen (secondary N) is 1. The molecule has 3 amide bonds. The Kier molecular flexibility index (Phi) is 4.14. The van der Waals surface area contributed by atoms with Crippen LogP contribution in [0.3, 0.4) is 0 Å². The van der Waals surface area contributed by atoms with E-state index in [9.17, 15) is 14.4 Å². The Morgan fingerprint density at radius 1 is 1.39 bits per heavy atom. The van der Waals surface area contributed by atoms with Gasteiger partial charge in [0.1, 0.15) is 6.10 Å². The summed E-state index contributed by atoms with van der Waals surface area (Å²) in [7, 11) is 0. The van der Waals surface area contributed by atoms with E-state index < -0.39 is 6.03 Å². The van der Waals surface area contributed by atoms with E-state index in [0.29, 0.717) is 25.1 Å². The van der Waals surface area contributed by atoms with E-state index >= 15 is 0 Å². The van der Waals surface area contributed by atoms with E-state index in [1.165, 1.54) is 6.20 Å². The Bertz CT molecular complexity index is 711. The summed E-state index contributed by atoms with van der Waals surface area (Å²) in [5.74, 6) is -0.269. The number of oxime groups is 1. The highest BCUT2D eigenvalue weighted by Crippen LogP contribution is 2.17. The van der Waals surface area contributed by atoms with E-state index in [-0.39, 0.29) is 30.5 Å². The number of imide groups is 1. The smallest absolute Gasteiger partial charge is 0.327 e. The molecule has 1 fully saturated rings. The van der Waals surface area contributed by atoms with E-state index in [2.05, 4.69) is 10.1 Å². The van der Waals surface area contributed by atoms with Crippen molar-refractivity contribution in [3.8, 4) is 0 Å². The predicted molar refractivity (Wildman–Crippen MR) is 81.8 cm³/mol. The third kappa shape index (κ3) is 3.25. The Morgan fingerprint density at radius 2 is 2.22 bits per heavy atom. The van der Waals surface area contributed by atoms with Gasteiger partial charge in [-0.3, -0.25) is 14.5 Å².